The third kappa shape index (κ3) is 3.50. The highest BCUT2D eigenvalue weighted by molar-refractivity contribution is 5.66. The Bertz CT molecular complexity index is 1650. The Morgan fingerprint density at radius 2 is 1.35 bits per heavy atom. The third-order valence-corrected chi connectivity index (χ3v) is 7.79. The monoisotopic (exact) mass is 544 g/mol. The number of epoxide rings is 1. The van der Waals surface area contributed by atoms with Gasteiger partial charge in [-0.1, -0.05) is 12.1 Å². The van der Waals surface area contributed by atoms with Gasteiger partial charge in [0.05, 0.1) is 12.0 Å². The van der Waals surface area contributed by atoms with Crippen LogP contribution in [0.15, 0.2) is 66.7 Å². The van der Waals surface area contributed by atoms with Gasteiger partial charge in [-0.2, -0.15) is 0 Å². The largest absolute Gasteiger partial charge is 0.508 e. The van der Waals surface area contributed by atoms with Gasteiger partial charge in [-0.05, 0) is 42.0 Å². The summed E-state index contributed by atoms with van der Waals surface area (Å²) in [7, 11) is 0. The predicted octanol–water partition coefficient (Wildman–Crippen LogP) is 3.73. The van der Waals surface area contributed by atoms with Crippen LogP contribution in [0.25, 0.3) is 0 Å². The smallest absolute Gasteiger partial charge is 0.265 e. The number of fused-ring (bicyclic) bond motifs is 3. The highest BCUT2D eigenvalue weighted by Gasteiger charge is 2.69. The number of phenolic OH excluding ortho intramolecular Hbond substituents is 6. The lowest BCUT2D eigenvalue weighted by molar-refractivity contribution is 0.0186. The van der Waals surface area contributed by atoms with E-state index in [1.807, 2.05) is 0 Å². The Kier molecular flexibility index (Phi) is 5.06. The van der Waals surface area contributed by atoms with E-state index in [4.69, 9.17) is 14.2 Å². The van der Waals surface area contributed by atoms with Crippen LogP contribution in [0.4, 0.5) is 0 Å². The first-order valence-corrected chi connectivity index (χ1v) is 12.6. The first-order chi connectivity index (χ1) is 19.2. The van der Waals surface area contributed by atoms with Crippen LogP contribution in [-0.2, 0) is 16.9 Å². The van der Waals surface area contributed by atoms with Gasteiger partial charge >= 0.3 is 0 Å². The van der Waals surface area contributed by atoms with Crippen molar-refractivity contribution >= 4 is 0 Å². The van der Waals surface area contributed by atoms with E-state index in [1.165, 1.54) is 30.3 Å². The first-order valence-electron chi connectivity index (χ1n) is 12.6. The molecule has 0 bridgehead atoms. The Hall–Kier alpha value is -4.80. The summed E-state index contributed by atoms with van der Waals surface area (Å²) in [6.45, 7) is 0. The summed E-state index contributed by atoms with van der Waals surface area (Å²) in [5.41, 5.74) is 1.80. The molecular formula is C30H24O10. The van der Waals surface area contributed by atoms with Crippen LogP contribution in [0.3, 0.4) is 0 Å². The lowest BCUT2D eigenvalue weighted by Gasteiger charge is -2.36. The molecule has 0 unspecified atom stereocenters. The number of phenols is 6. The van der Waals surface area contributed by atoms with Crippen LogP contribution in [-0.4, -0.2) is 48.0 Å². The number of rotatable bonds is 3. The molecule has 5 atom stereocenters. The minimum atomic E-state index is -1.37. The number of hydrogen-bond donors (Lipinski definition) is 7. The van der Waals surface area contributed by atoms with Crippen LogP contribution < -0.4 is 9.47 Å². The number of aliphatic hydroxyl groups excluding tert-OH is 1. The molecule has 0 spiro atoms. The normalized spacial score (nSPS) is 26.0. The lowest BCUT2D eigenvalue weighted by atomic mass is 9.79. The standard InChI is InChI=1S/C30H24O10/c31-15-5-1-13(2-6-15)27-22(37)11-18-19(34)12-21(36)25(28(18)38-27)26-24-20(35)9-17(33)10-23(24)39-30(29(26)40-30)14-3-7-16(32)8-4-14/h1-10,12,22,26-27,29,31-37H,11H2/t22-,26+,27+,29+,30+/m0/s1. The average Bonchev–Trinajstić information content (AvgIpc) is 3.64. The van der Waals surface area contributed by atoms with E-state index in [0.29, 0.717) is 11.1 Å². The van der Waals surface area contributed by atoms with Crippen LogP contribution in [0.5, 0.6) is 46.0 Å². The van der Waals surface area contributed by atoms with Crippen molar-refractivity contribution in [2.75, 3.05) is 0 Å². The van der Waals surface area contributed by atoms with E-state index in [9.17, 15) is 35.7 Å². The van der Waals surface area contributed by atoms with Gasteiger partial charge in [0.25, 0.3) is 5.79 Å². The van der Waals surface area contributed by atoms with E-state index < -0.39 is 30.0 Å². The van der Waals surface area contributed by atoms with Gasteiger partial charge < -0.3 is 50.0 Å². The minimum absolute atomic E-state index is 0.00768. The number of benzene rings is 4. The number of aliphatic hydroxyl groups is 1. The maximum absolute atomic E-state index is 11.3. The topological polar surface area (TPSA) is 173 Å². The zero-order valence-corrected chi connectivity index (χ0v) is 20.7. The number of hydrogen-bond acceptors (Lipinski definition) is 10. The van der Waals surface area contributed by atoms with E-state index in [-0.39, 0.29) is 69.1 Å². The van der Waals surface area contributed by atoms with Gasteiger partial charge in [-0.3, -0.25) is 0 Å². The molecule has 3 heterocycles. The van der Waals surface area contributed by atoms with E-state index in [2.05, 4.69) is 0 Å². The minimum Gasteiger partial charge on any atom is -0.508 e. The summed E-state index contributed by atoms with van der Waals surface area (Å²) in [6, 6.07) is 16.0. The maximum Gasteiger partial charge on any atom is 0.265 e. The summed E-state index contributed by atoms with van der Waals surface area (Å²) in [5.74, 6) is -3.13. The molecule has 0 aliphatic carbocycles. The average molecular weight is 545 g/mol. The summed E-state index contributed by atoms with van der Waals surface area (Å²) < 4.78 is 18.7. The molecule has 3 aliphatic rings. The van der Waals surface area contributed by atoms with Gasteiger partial charge in [0, 0.05) is 46.9 Å². The number of ether oxygens (including phenoxy) is 3. The van der Waals surface area contributed by atoms with Crippen molar-refractivity contribution in [2.45, 2.75) is 36.4 Å². The second kappa shape index (κ2) is 8.35. The van der Waals surface area contributed by atoms with Crippen LogP contribution >= 0.6 is 0 Å². The summed E-state index contributed by atoms with van der Waals surface area (Å²) >= 11 is 0. The molecule has 10 nitrogen and oxygen atoms in total. The number of aromatic hydroxyl groups is 6. The zero-order valence-electron chi connectivity index (χ0n) is 20.7. The Morgan fingerprint density at radius 3 is 2.05 bits per heavy atom. The predicted molar refractivity (Wildman–Crippen MR) is 138 cm³/mol. The highest BCUT2D eigenvalue weighted by Crippen LogP contribution is 2.65. The molecule has 0 radical (unpaired) electrons. The van der Waals surface area contributed by atoms with Gasteiger partial charge in [0.2, 0.25) is 0 Å². The van der Waals surface area contributed by atoms with Crippen molar-refractivity contribution < 1.29 is 50.0 Å². The zero-order chi connectivity index (χ0) is 27.9. The van der Waals surface area contributed by atoms with E-state index in [0.717, 1.165) is 12.1 Å². The van der Waals surface area contributed by atoms with Crippen molar-refractivity contribution in [1.82, 2.24) is 0 Å². The first kappa shape index (κ1) is 24.3. The molecule has 7 rings (SSSR count). The van der Waals surface area contributed by atoms with Gasteiger partial charge in [0.15, 0.2) is 0 Å². The SMILES string of the molecule is Oc1ccc([C@H]2Oc3c(c(O)cc(O)c3[C@H]3c4c(O)cc(O)cc4O[C@]4(c5ccc(O)cc5)O[C@H]34)C[C@@H]2O)cc1. The van der Waals surface area contributed by atoms with Crippen LogP contribution in [0, 0.1) is 0 Å². The molecule has 7 N–H and O–H groups in total. The van der Waals surface area contributed by atoms with E-state index in [1.54, 1.807) is 24.3 Å². The fraction of sp³-hybridized carbons (Fsp3) is 0.200. The Morgan fingerprint density at radius 1 is 0.700 bits per heavy atom. The van der Waals surface area contributed by atoms with Gasteiger partial charge in [0.1, 0.15) is 58.2 Å². The molecule has 0 saturated carbocycles. The molecule has 40 heavy (non-hydrogen) atoms. The molecule has 4 aromatic carbocycles. The Labute approximate surface area is 227 Å². The summed E-state index contributed by atoms with van der Waals surface area (Å²) in [6.07, 6.45) is -2.75. The van der Waals surface area contributed by atoms with Crippen molar-refractivity contribution in [2.24, 2.45) is 0 Å². The quantitative estimate of drug-likeness (QED) is 0.188. The van der Waals surface area contributed by atoms with Gasteiger partial charge in [-0.25, -0.2) is 0 Å². The molecule has 3 aliphatic heterocycles. The molecular weight excluding hydrogens is 520 g/mol. The fourth-order valence-electron chi connectivity index (χ4n) is 5.91. The molecule has 1 saturated heterocycles. The Balaban J connectivity index is 1.42. The van der Waals surface area contributed by atoms with Crippen LogP contribution in [0.1, 0.15) is 39.8 Å². The van der Waals surface area contributed by atoms with E-state index >= 15 is 0 Å². The fourth-order valence-corrected chi connectivity index (χ4v) is 5.91. The van der Waals surface area contributed by atoms with Crippen molar-refractivity contribution in [3.63, 3.8) is 0 Å². The van der Waals surface area contributed by atoms with Crippen molar-refractivity contribution in [3.05, 3.63) is 94.5 Å². The van der Waals surface area contributed by atoms with Crippen LogP contribution in [0.2, 0.25) is 0 Å². The molecule has 0 aromatic heterocycles. The molecule has 1 fully saturated rings. The summed E-state index contributed by atoms with van der Waals surface area (Å²) in [5, 5.41) is 73.7. The highest BCUT2D eigenvalue weighted by atomic mass is 16.8. The molecule has 4 aromatic rings. The second-order valence-electron chi connectivity index (χ2n) is 10.2. The molecule has 10 heteroatoms. The van der Waals surface area contributed by atoms with Crippen molar-refractivity contribution in [1.29, 1.82) is 0 Å². The molecule has 0 amide bonds. The van der Waals surface area contributed by atoms with Crippen molar-refractivity contribution in [3.8, 4) is 46.0 Å². The summed E-state index contributed by atoms with van der Waals surface area (Å²) in [4.78, 5) is 0. The maximum atomic E-state index is 11.3. The lowest BCUT2D eigenvalue weighted by Crippen LogP contribution is -2.33. The molecule has 204 valence electrons. The third-order valence-electron chi connectivity index (χ3n) is 7.79. The second-order valence-corrected chi connectivity index (χ2v) is 10.2. The van der Waals surface area contributed by atoms with Gasteiger partial charge in [-0.15, -0.1) is 0 Å².